The number of aryl methyl sites for hydroxylation is 1. The number of carbonyl (C=O) groups is 1. The van der Waals surface area contributed by atoms with Crippen molar-refractivity contribution in [1.29, 1.82) is 0 Å². The minimum atomic E-state index is -0.117. The zero-order valence-corrected chi connectivity index (χ0v) is 14.7. The molecule has 3 aromatic rings. The van der Waals surface area contributed by atoms with Crippen LogP contribution in [0, 0.1) is 6.92 Å². The predicted octanol–water partition coefficient (Wildman–Crippen LogP) is 4.85. The zero-order valence-electron chi connectivity index (χ0n) is 13.0. The van der Waals surface area contributed by atoms with Gasteiger partial charge in [0.25, 0.3) is 0 Å². The second-order valence-corrected chi connectivity index (χ2v) is 7.49. The number of hydrogen-bond acceptors (Lipinski definition) is 5. The van der Waals surface area contributed by atoms with Crippen molar-refractivity contribution in [2.75, 3.05) is 5.32 Å². The molecule has 1 N–H and O–H groups in total. The summed E-state index contributed by atoms with van der Waals surface area (Å²) < 4.78 is 6.41. The lowest BCUT2D eigenvalue weighted by atomic mass is 10.2. The maximum absolute atomic E-state index is 12.5. The van der Waals surface area contributed by atoms with Gasteiger partial charge in [0.15, 0.2) is 5.13 Å². The van der Waals surface area contributed by atoms with Crippen LogP contribution >= 0.6 is 23.1 Å². The Balaban J connectivity index is 1.65. The first-order chi connectivity index (χ1) is 11.2. The average Bonchev–Trinajstić information content (AvgIpc) is 3.16. The molecule has 0 saturated carbocycles. The van der Waals surface area contributed by atoms with E-state index in [0.717, 1.165) is 22.4 Å². The second kappa shape index (κ2) is 7.19. The summed E-state index contributed by atoms with van der Waals surface area (Å²) in [5.41, 5.74) is 2.12. The van der Waals surface area contributed by atoms with E-state index < -0.39 is 0 Å². The first-order valence-corrected chi connectivity index (χ1v) is 9.34. The van der Waals surface area contributed by atoms with Crippen LogP contribution in [0.2, 0.25) is 0 Å². The molecule has 120 valence electrons. The van der Waals surface area contributed by atoms with E-state index in [1.807, 2.05) is 31.2 Å². The van der Waals surface area contributed by atoms with Crippen molar-refractivity contribution in [2.24, 2.45) is 0 Å². The lowest BCUT2D eigenvalue weighted by molar-refractivity contribution is -0.115. The van der Waals surface area contributed by atoms with E-state index in [0.29, 0.717) is 10.9 Å². The third-order valence-electron chi connectivity index (χ3n) is 3.44. The van der Waals surface area contributed by atoms with E-state index in [4.69, 9.17) is 4.42 Å². The third-order valence-corrected chi connectivity index (χ3v) is 5.78. The highest BCUT2D eigenvalue weighted by Crippen LogP contribution is 2.28. The summed E-state index contributed by atoms with van der Waals surface area (Å²) in [7, 11) is 0. The summed E-state index contributed by atoms with van der Waals surface area (Å²) in [5.74, 6) is 1.58. The smallest absolute Gasteiger partial charge is 0.239 e. The van der Waals surface area contributed by atoms with Crippen LogP contribution in [-0.2, 0) is 10.5 Å². The molecule has 1 amide bonds. The van der Waals surface area contributed by atoms with Crippen molar-refractivity contribution < 1.29 is 9.21 Å². The van der Waals surface area contributed by atoms with Gasteiger partial charge in [-0.1, -0.05) is 24.3 Å². The van der Waals surface area contributed by atoms with Gasteiger partial charge in [-0.15, -0.1) is 11.8 Å². The standard InChI is InChI=1S/C17H18N2O2S2/c1-3-14(22-10-12-5-4-8-21-12)16(20)19-17-18-13-7-6-11(2)9-15(13)23-17/h4-9,14H,3,10H2,1-2H3,(H,18,19,20). The molecule has 0 bridgehead atoms. The van der Waals surface area contributed by atoms with Gasteiger partial charge in [0.1, 0.15) is 5.76 Å². The van der Waals surface area contributed by atoms with Crippen LogP contribution in [-0.4, -0.2) is 16.1 Å². The average molecular weight is 346 g/mol. The number of carbonyl (C=O) groups excluding carboxylic acids is 1. The largest absolute Gasteiger partial charge is 0.468 e. The summed E-state index contributed by atoms with van der Waals surface area (Å²) >= 11 is 3.10. The van der Waals surface area contributed by atoms with Gasteiger partial charge in [0, 0.05) is 0 Å². The number of thiazole rings is 1. The van der Waals surface area contributed by atoms with Crippen LogP contribution < -0.4 is 5.32 Å². The van der Waals surface area contributed by atoms with Gasteiger partial charge in [0.05, 0.1) is 27.5 Å². The predicted molar refractivity (Wildman–Crippen MR) is 97.1 cm³/mol. The Labute approximate surface area is 143 Å². The minimum Gasteiger partial charge on any atom is -0.468 e. The number of hydrogen-bond donors (Lipinski definition) is 1. The summed E-state index contributed by atoms with van der Waals surface area (Å²) in [6.07, 6.45) is 2.42. The molecule has 23 heavy (non-hydrogen) atoms. The second-order valence-electron chi connectivity index (χ2n) is 5.27. The first kappa shape index (κ1) is 16.1. The highest BCUT2D eigenvalue weighted by molar-refractivity contribution is 7.99. The number of thioether (sulfide) groups is 1. The van der Waals surface area contributed by atoms with E-state index in [-0.39, 0.29) is 11.2 Å². The third kappa shape index (κ3) is 3.95. The van der Waals surface area contributed by atoms with Gasteiger partial charge in [-0.3, -0.25) is 4.79 Å². The Morgan fingerprint density at radius 1 is 1.43 bits per heavy atom. The topological polar surface area (TPSA) is 55.1 Å². The molecule has 6 heteroatoms. The van der Waals surface area contributed by atoms with Crippen molar-refractivity contribution in [3.8, 4) is 0 Å². The number of aromatic nitrogens is 1. The Hall–Kier alpha value is -1.79. The number of fused-ring (bicyclic) bond motifs is 1. The van der Waals surface area contributed by atoms with Gasteiger partial charge < -0.3 is 9.73 Å². The number of nitrogens with zero attached hydrogens (tertiary/aromatic N) is 1. The number of anilines is 1. The van der Waals surface area contributed by atoms with E-state index in [1.54, 1.807) is 18.0 Å². The molecule has 1 unspecified atom stereocenters. The lowest BCUT2D eigenvalue weighted by Crippen LogP contribution is -2.24. The summed E-state index contributed by atoms with van der Waals surface area (Å²) in [6.45, 7) is 4.07. The molecule has 0 aliphatic heterocycles. The molecule has 0 fully saturated rings. The molecule has 0 aliphatic carbocycles. The van der Waals surface area contributed by atoms with E-state index in [1.165, 1.54) is 16.9 Å². The van der Waals surface area contributed by atoms with Gasteiger partial charge >= 0.3 is 0 Å². The lowest BCUT2D eigenvalue weighted by Gasteiger charge is -2.12. The van der Waals surface area contributed by atoms with Gasteiger partial charge in [-0.2, -0.15) is 0 Å². The highest BCUT2D eigenvalue weighted by atomic mass is 32.2. The fourth-order valence-corrected chi connectivity index (χ4v) is 4.17. The summed E-state index contributed by atoms with van der Waals surface area (Å²) in [4.78, 5) is 16.9. The minimum absolute atomic E-state index is 0.000154. The van der Waals surface area contributed by atoms with Crippen molar-refractivity contribution in [3.63, 3.8) is 0 Å². The van der Waals surface area contributed by atoms with Crippen LogP contribution in [0.5, 0.6) is 0 Å². The SMILES string of the molecule is CCC(SCc1ccco1)C(=O)Nc1nc2ccc(C)cc2s1. The quantitative estimate of drug-likeness (QED) is 0.693. The van der Waals surface area contributed by atoms with Crippen LogP contribution in [0.4, 0.5) is 5.13 Å². The normalized spacial score (nSPS) is 12.4. The molecule has 2 heterocycles. The fraction of sp³-hybridized carbons (Fsp3) is 0.294. The van der Waals surface area contributed by atoms with Gasteiger partial charge in [-0.25, -0.2) is 4.98 Å². The molecular weight excluding hydrogens is 328 g/mol. The number of amides is 1. The van der Waals surface area contributed by atoms with Crippen molar-refractivity contribution in [3.05, 3.63) is 47.9 Å². The molecule has 0 aliphatic rings. The zero-order chi connectivity index (χ0) is 16.2. The molecular formula is C17H18N2O2S2. The van der Waals surface area contributed by atoms with Crippen LogP contribution in [0.25, 0.3) is 10.2 Å². The molecule has 4 nitrogen and oxygen atoms in total. The monoisotopic (exact) mass is 346 g/mol. The maximum atomic E-state index is 12.5. The Morgan fingerprint density at radius 3 is 3.04 bits per heavy atom. The molecule has 0 spiro atoms. The molecule has 1 aromatic carbocycles. The Kier molecular flexibility index (Phi) is 5.03. The van der Waals surface area contributed by atoms with Crippen molar-refractivity contribution in [1.82, 2.24) is 4.98 Å². The maximum Gasteiger partial charge on any atom is 0.239 e. The summed E-state index contributed by atoms with van der Waals surface area (Å²) in [6, 6.07) is 9.89. The number of nitrogens with one attached hydrogen (secondary N) is 1. The van der Waals surface area contributed by atoms with Crippen LogP contribution in [0.1, 0.15) is 24.7 Å². The van der Waals surface area contributed by atoms with Gasteiger partial charge in [0.2, 0.25) is 5.91 Å². The molecule has 0 saturated heterocycles. The summed E-state index contributed by atoms with van der Waals surface area (Å²) in [5, 5.41) is 3.49. The Bertz CT molecular complexity index is 796. The van der Waals surface area contributed by atoms with Crippen LogP contribution in [0.3, 0.4) is 0 Å². The number of rotatable bonds is 6. The number of benzene rings is 1. The van der Waals surface area contributed by atoms with E-state index in [2.05, 4.69) is 23.3 Å². The van der Waals surface area contributed by atoms with Crippen molar-refractivity contribution >= 4 is 44.4 Å². The Morgan fingerprint density at radius 2 is 2.30 bits per heavy atom. The number of furan rings is 1. The van der Waals surface area contributed by atoms with E-state index >= 15 is 0 Å². The first-order valence-electron chi connectivity index (χ1n) is 7.47. The van der Waals surface area contributed by atoms with Crippen LogP contribution in [0.15, 0.2) is 41.0 Å². The molecule has 2 aromatic heterocycles. The van der Waals surface area contributed by atoms with Crippen molar-refractivity contribution in [2.45, 2.75) is 31.3 Å². The van der Waals surface area contributed by atoms with E-state index in [9.17, 15) is 4.79 Å². The van der Waals surface area contributed by atoms with Gasteiger partial charge in [-0.05, 0) is 43.2 Å². The fourth-order valence-electron chi connectivity index (χ4n) is 2.23. The molecule has 1 atom stereocenters. The molecule has 3 rings (SSSR count). The highest BCUT2D eigenvalue weighted by Gasteiger charge is 2.19. The molecule has 0 radical (unpaired) electrons.